The van der Waals surface area contributed by atoms with Crippen molar-refractivity contribution in [2.24, 2.45) is 0 Å². The average molecular weight is 277 g/mol. The van der Waals surface area contributed by atoms with Crippen molar-refractivity contribution in [2.45, 2.75) is 32.6 Å². The monoisotopic (exact) mass is 277 g/mol. The Balaban J connectivity index is 2.21. The summed E-state index contributed by atoms with van der Waals surface area (Å²) < 4.78 is 0. The van der Waals surface area contributed by atoms with Crippen LogP contribution in [0.5, 0.6) is 0 Å². The number of aliphatic hydroxyl groups excluding tert-OH is 1. The zero-order valence-electron chi connectivity index (χ0n) is 11.4. The minimum Gasteiger partial charge on any atom is -0.395 e. The van der Waals surface area contributed by atoms with E-state index in [1.54, 1.807) is 0 Å². The Kier molecular flexibility index (Phi) is 3.41. The number of hydrogen-bond donors (Lipinski definition) is 1. The van der Waals surface area contributed by atoms with E-state index in [1.807, 2.05) is 30.2 Å². The summed E-state index contributed by atoms with van der Waals surface area (Å²) in [5.41, 5.74) is 1.45. The second-order valence-corrected chi connectivity index (χ2v) is 6.21. The highest BCUT2D eigenvalue weighted by Gasteiger charge is 2.21. The van der Waals surface area contributed by atoms with Gasteiger partial charge in [0.1, 0.15) is 16.5 Å². The molecule has 3 rings (SSSR count). The van der Waals surface area contributed by atoms with Crippen LogP contribution in [0.2, 0.25) is 0 Å². The lowest BCUT2D eigenvalue weighted by molar-refractivity contribution is 0.304. The maximum absolute atomic E-state index is 9.15. The van der Waals surface area contributed by atoms with Gasteiger partial charge in [-0.05, 0) is 38.2 Å². The third kappa shape index (κ3) is 2.21. The quantitative estimate of drug-likeness (QED) is 0.935. The maximum atomic E-state index is 9.15. The number of thiophene rings is 1. The molecule has 0 saturated heterocycles. The first kappa shape index (κ1) is 12.8. The van der Waals surface area contributed by atoms with Crippen LogP contribution in [-0.4, -0.2) is 35.3 Å². The summed E-state index contributed by atoms with van der Waals surface area (Å²) in [7, 11) is 1.99. The molecule has 0 spiro atoms. The average Bonchev–Trinajstić information content (AvgIpc) is 2.75. The fraction of sp³-hybridized carbons (Fsp3) is 0.571. The lowest BCUT2D eigenvalue weighted by atomic mass is 9.97. The molecule has 2 aromatic heterocycles. The molecule has 19 heavy (non-hydrogen) atoms. The first-order valence-electron chi connectivity index (χ1n) is 6.81. The first-order chi connectivity index (χ1) is 9.20. The standard InChI is InChI=1S/C14H19N3OS/c1-9-15-13(17(2)7-8-18)12-10-5-3-4-6-11(10)19-14(12)16-9/h18H,3-8H2,1-2H3. The highest BCUT2D eigenvalue weighted by atomic mass is 32.1. The minimum absolute atomic E-state index is 0.146. The van der Waals surface area contributed by atoms with Gasteiger partial charge in [-0.2, -0.15) is 0 Å². The molecular weight excluding hydrogens is 258 g/mol. The molecule has 0 fully saturated rings. The van der Waals surface area contributed by atoms with E-state index in [2.05, 4.69) is 9.97 Å². The first-order valence-corrected chi connectivity index (χ1v) is 7.63. The number of nitrogens with zero attached hydrogens (tertiary/aromatic N) is 3. The predicted octanol–water partition coefficient (Wildman–Crippen LogP) is 2.31. The molecule has 0 bridgehead atoms. The van der Waals surface area contributed by atoms with Crippen LogP contribution in [0.25, 0.3) is 10.2 Å². The highest BCUT2D eigenvalue weighted by molar-refractivity contribution is 7.19. The number of rotatable bonds is 3. The fourth-order valence-corrected chi connectivity index (χ4v) is 4.08. The summed E-state index contributed by atoms with van der Waals surface area (Å²) in [5.74, 6) is 1.79. The summed E-state index contributed by atoms with van der Waals surface area (Å²) in [6.45, 7) is 2.69. The van der Waals surface area contributed by atoms with Crippen molar-refractivity contribution in [3.05, 3.63) is 16.3 Å². The van der Waals surface area contributed by atoms with E-state index >= 15 is 0 Å². The Morgan fingerprint density at radius 2 is 2.05 bits per heavy atom. The lowest BCUT2D eigenvalue weighted by Gasteiger charge is -2.19. The van der Waals surface area contributed by atoms with Gasteiger partial charge in [0.15, 0.2) is 0 Å². The zero-order valence-corrected chi connectivity index (χ0v) is 12.3. The fourth-order valence-electron chi connectivity index (χ4n) is 2.77. The molecule has 5 heteroatoms. The van der Waals surface area contributed by atoms with Gasteiger partial charge in [0.05, 0.1) is 12.0 Å². The highest BCUT2D eigenvalue weighted by Crippen LogP contribution is 2.39. The van der Waals surface area contributed by atoms with Gasteiger partial charge in [-0.3, -0.25) is 0 Å². The molecule has 0 unspecified atom stereocenters. The van der Waals surface area contributed by atoms with E-state index in [0.29, 0.717) is 6.54 Å². The van der Waals surface area contributed by atoms with Crippen LogP contribution in [0.15, 0.2) is 0 Å². The Morgan fingerprint density at radius 1 is 1.26 bits per heavy atom. The summed E-state index contributed by atoms with van der Waals surface area (Å²) in [6, 6.07) is 0. The van der Waals surface area contributed by atoms with Crippen LogP contribution in [0, 0.1) is 6.92 Å². The number of fused-ring (bicyclic) bond motifs is 3. The Hall–Kier alpha value is -1.20. The van der Waals surface area contributed by atoms with Crippen LogP contribution in [-0.2, 0) is 12.8 Å². The molecule has 0 aliphatic heterocycles. The van der Waals surface area contributed by atoms with E-state index < -0.39 is 0 Å². The third-order valence-electron chi connectivity index (χ3n) is 3.70. The van der Waals surface area contributed by atoms with Gasteiger partial charge in [0.25, 0.3) is 0 Å². The predicted molar refractivity (Wildman–Crippen MR) is 79.1 cm³/mol. The van der Waals surface area contributed by atoms with Gasteiger partial charge in [-0.25, -0.2) is 9.97 Å². The normalized spacial score (nSPS) is 14.7. The lowest BCUT2D eigenvalue weighted by Crippen LogP contribution is -2.23. The van der Waals surface area contributed by atoms with Crippen LogP contribution < -0.4 is 4.90 Å². The van der Waals surface area contributed by atoms with Crippen molar-refractivity contribution in [1.82, 2.24) is 9.97 Å². The molecule has 1 aliphatic carbocycles. The van der Waals surface area contributed by atoms with Crippen molar-refractivity contribution < 1.29 is 5.11 Å². The number of aromatic nitrogens is 2. The van der Waals surface area contributed by atoms with Gasteiger partial charge < -0.3 is 10.0 Å². The van der Waals surface area contributed by atoms with E-state index in [4.69, 9.17) is 5.11 Å². The molecule has 1 aliphatic rings. The van der Waals surface area contributed by atoms with Crippen molar-refractivity contribution in [3.63, 3.8) is 0 Å². The number of aliphatic hydroxyl groups is 1. The number of anilines is 1. The van der Waals surface area contributed by atoms with Crippen molar-refractivity contribution in [1.29, 1.82) is 0 Å². The molecular formula is C14H19N3OS. The molecule has 1 N–H and O–H groups in total. The Morgan fingerprint density at radius 3 is 2.84 bits per heavy atom. The number of aryl methyl sites for hydroxylation is 3. The smallest absolute Gasteiger partial charge is 0.141 e. The molecule has 0 saturated carbocycles. The van der Waals surface area contributed by atoms with E-state index in [9.17, 15) is 0 Å². The van der Waals surface area contributed by atoms with E-state index in [-0.39, 0.29) is 6.61 Å². The molecule has 0 aromatic carbocycles. The topological polar surface area (TPSA) is 49.2 Å². The van der Waals surface area contributed by atoms with Gasteiger partial charge in [-0.15, -0.1) is 11.3 Å². The second-order valence-electron chi connectivity index (χ2n) is 5.13. The van der Waals surface area contributed by atoms with Crippen LogP contribution in [0.4, 0.5) is 5.82 Å². The van der Waals surface area contributed by atoms with Crippen LogP contribution >= 0.6 is 11.3 Å². The maximum Gasteiger partial charge on any atom is 0.141 e. The molecule has 0 radical (unpaired) electrons. The Labute approximate surface area is 117 Å². The van der Waals surface area contributed by atoms with Crippen molar-refractivity contribution >= 4 is 27.4 Å². The van der Waals surface area contributed by atoms with Crippen LogP contribution in [0.1, 0.15) is 29.1 Å². The van der Waals surface area contributed by atoms with E-state index in [1.165, 1.54) is 35.1 Å². The third-order valence-corrected chi connectivity index (χ3v) is 4.89. The molecule has 102 valence electrons. The molecule has 2 aromatic rings. The van der Waals surface area contributed by atoms with Crippen LogP contribution in [0.3, 0.4) is 0 Å². The largest absolute Gasteiger partial charge is 0.395 e. The molecule has 4 nitrogen and oxygen atoms in total. The SMILES string of the molecule is Cc1nc(N(C)CCO)c2c3c(sc2n1)CCCC3. The summed E-state index contributed by atoms with van der Waals surface area (Å²) >= 11 is 1.82. The van der Waals surface area contributed by atoms with Gasteiger partial charge in [0.2, 0.25) is 0 Å². The number of hydrogen-bond acceptors (Lipinski definition) is 5. The van der Waals surface area contributed by atoms with Gasteiger partial charge in [0, 0.05) is 18.5 Å². The van der Waals surface area contributed by atoms with E-state index in [0.717, 1.165) is 22.9 Å². The zero-order chi connectivity index (χ0) is 13.4. The molecule has 0 amide bonds. The van der Waals surface area contributed by atoms with Crippen molar-refractivity contribution in [2.75, 3.05) is 25.1 Å². The number of likely N-dealkylation sites (N-methyl/N-ethyl adjacent to an activating group) is 1. The summed E-state index contributed by atoms with van der Waals surface area (Å²) in [6.07, 6.45) is 4.87. The molecule has 2 heterocycles. The summed E-state index contributed by atoms with van der Waals surface area (Å²) in [4.78, 5) is 13.8. The molecule has 0 atom stereocenters. The summed E-state index contributed by atoms with van der Waals surface area (Å²) in [5, 5.41) is 10.4. The van der Waals surface area contributed by atoms with Gasteiger partial charge >= 0.3 is 0 Å². The second kappa shape index (κ2) is 5.06. The Bertz CT molecular complexity index is 608. The van der Waals surface area contributed by atoms with Crippen molar-refractivity contribution in [3.8, 4) is 0 Å². The minimum atomic E-state index is 0.146. The van der Waals surface area contributed by atoms with Gasteiger partial charge in [-0.1, -0.05) is 0 Å².